The van der Waals surface area contributed by atoms with Crippen LogP contribution in [0.5, 0.6) is 0 Å². The molecular weight excluding hydrogens is 352 g/mol. The molecule has 0 saturated carbocycles. The van der Waals surface area contributed by atoms with Gasteiger partial charge < -0.3 is 10.2 Å². The summed E-state index contributed by atoms with van der Waals surface area (Å²) in [5.74, 6) is 1.55. The van der Waals surface area contributed by atoms with Crippen molar-refractivity contribution < 1.29 is 4.79 Å². The van der Waals surface area contributed by atoms with E-state index >= 15 is 0 Å². The SMILES string of the molecule is Cc1cc(C)cc(NC(=O)C2CN(c3cc(-n4nc(C)cc4C)ncn3)C2)c1. The smallest absolute Gasteiger partial charge is 0.231 e. The Hall–Kier alpha value is -3.22. The van der Waals surface area contributed by atoms with E-state index in [1.54, 1.807) is 6.33 Å². The molecule has 144 valence electrons. The maximum atomic E-state index is 12.5. The number of hydrogen-bond acceptors (Lipinski definition) is 5. The molecular formula is C21H24N6O. The highest BCUT2D eigenvalue weighted by molar-refractivity contribution is 5.94. The zero-order valence-electron chi connectivity index (χ0n) is 16.6. The van der Waals surface area contributed by atoms with Gasteiger partial charge in [-0.1, -0.05) is 6.07 Å². The molecule has 1 fully saturated rings. The average molecular weight is 376 g/mol. The Kier molecular flexibility index (Phi) is 4.58. The molecule has 1 amide bonds. The molecule has 4 rings (SSSR count). The molecule has 1 N–H and O–H groups in total. The van der Waals surface area contributed by atoms with Crippen molar-refractivity contribution in [2.24, 2.45) is 5.92 Å². The number of nitrogens with one attached hydrogen (secondary N) is 1. The Labute approximate surface area is 164 Å². The molecule has 3 aromatic rings. The summed E-state index contributed by atoms with van der Waals surface area (Å²) >= 11 is 0. The van der Waals surface area contributed by atoms with Crippen molar-refractivity contribution in [3.8, 4) is 5.82 Å². The number of hydrogen-bond donors (Lipinski definition) is 1. The molecule has 1 aliphatic rings. The summed E-state index contributed by atoms with van der Waals surface area (Å²) in [6, 6.07) is 10.0. The second-order valence-corrected chi connectivity index (χ2v) is 7.54. The number of carbonyl (C=O) groups excluding carboxylic acids is 1. The lowest BCUT2D eigenvalue weighted by atomic mass is 9.99. The number of rotatable bonds is 4. The van der Waals surface area contributed by atoms with Gasteiger partial charge in [-0.15, -0.1) is 0 Å². The highest BCUT2D eigenvalue weighted by Crippen LogP contribution is 2.25. The average Bonchev–Trinajstić information content (AvgIpc) is 2.91. The Balaban J connectivity index is 1.42. The van der Waals surface area contributed by atoms with Crippen molar-refractivity contribution in [2.45, 2.75) is 27.7 Å². The van der Waals surface area contributed by atoms with E-state index in [4.69, 9.17) is 0 Å². The van der Waals surface area contributed by atoms with Crippen LogP contribution in [-0.4, -0.2) is 38.7 Å². The molecule has 7 nitrogen and oxygen atoms in total. The summed E-state index contributed by atoms with van der Waals surface area (Å²) in [7, 11) is 0. The highest BCUT2D eigenvalue weighted by Gasteiger charge is 2.33. The molecule has 0 spiro atoms. The first-order valence-corrected chi connectivity index (χ1v) is 9.39. The van der Waals surface area contributed by atoms with Crippen LogP contribution >= 0.6 is 0 Å². The minimum atomic E-state index is -0.0482. The summed E-state index contributed by atoms with van der Waals surface area (Å²) in [6.45, 7) is 9.31. The number of aryl methyl sites for hydroxylation is 4. The molecule has 1 aromatic carbocycles. The third kappa shape index (κ3) is 3.60. The Morgan fingerprint density at radius 1 is 0.964 bits per heavy atom. The van der Waals surface area contributed by atoms with Crippen molar-refractivity contribution in [1.82, 2.24) is 19.7 Å². The van der Waals surface area contributed by atoms with E-state index in [0.717, 1.165) is 39.8 Å². The molecule has 2 aromatic heterocycles. The Bertz CT molecular complexity index is 1010. The number of amides is 1. The van der Waals surface area contributed by atoms with E-state index in [-0.39, 0.29) is 11.8 Å². The number of anilines is 2. The maximum Gasteiger partial charge on any atom is 0.231 e. The molecule has 3 heterocycles. The first-order chi connectivity index (χ1) is 13.4. The van der Waals surface area contributed by atoms with Crippen molar-refractivity contribution in [1.29, 1.82) is 0 Å². The lowest BCUT2D eigenvalue weighted by Gasteiger charge is -2.39. The second-order valence-electron chi connectivity index (χ2n) is 7.54. The summed E-state index contributed by atoms with van der Waals surface area (Å²) < 4.78 is 1.81. The molecule has 0 atom stereocenters. The fourth-order valence-corrected chi connectivity index (χ4v) is 3.61. The lowest BCUT2D eigenvalue weighted by molar-refractivity contribution is -0.120. The lowest BCUT2D eigenvalue weighted by Crippen LogP contribution is -2.52. The largest absolute Gasteiger partial charge is 0.355 e. The van der Waals surface area contributed by atoms with Crippen LogP contribution in [0.25, 0.3) is 5.82 Å². The van der Waals surface area contributed by atoms with E-state index in [9.17, 15) is 4.79 Å². The van der Waals surface area contributed by atoms with Crippen LogP contribution in [-0.2, 0) is 4.79 Å². The van der Waals surface area contributed by atoms with Crippen molar-refractivity contribution in [2.75, 3.05) is 23.3 Å². The molecule has 7 heteroatoms. The van der Waals surface area contributed by atoms with Crippen LogP contribution < -0.4 is 10.2 Å². The normalized spacial score (nSPS) is 14.1. The summed E-state index contributed by atoms with van der Waals surface area (Å²) in [4.78, 5) is 23.3. The number of nitrogens with zero attached hydrogens (tertiary/aromatic N) is 5. The molecule has 28 heavy (non-hydrogen) atoms. The van der Waals surface area contributed by atoms with Gasteiger partial charge in [-0.25, -0.2) is 14.6 Å². The number of aromatic nitrogens is 4. The second kappa shape index (κ2) is 7.07. The van der Waals surface area contributed by atoms with E-state index in [1.807, 2.05) is 56.6 Å². The van der Waals surface area contributed by atoms with Gasteiger partial charge in [0.05, 0.1) is 11.6 Å². The molecule has 0 aliphatic carbocycles. The van der Waals surface area contributed by atoms with Gasteiger partial charge in [-0.3, -0.25) is 4.79 Å². The van der Waals surface area contributed by atoms with Gasteiger partial charge in [0.2, 0.25) is 5.91 Å². The zero-order chi connectivity index (χ0) is 19.8. The first-order valence-electron chi connectivity index (χ1n) is 9.39. The minimum absolute atomic E-state index is 0.0482. The molecule has 0 unspecified atom stereocenters. The quantitative estimate of drug-likeness (QED) is 0.758. The van der Waals surface area contributed by atoms with Crippen LogP contribution in [0.1, 0.15) is 22.5 Å². The predicted octanol–water partition coefficient (Wildman–Crippen LogP) is 2.97. The third-order valence-electron chi connectivity index (χ3n) is 4.93. The molecule has 0 radical (unpaired) electrons. The molecule has 0 bridgehead atoms. The van der Waals surface area contributed by atoms with Gasteiger partial charge >= 0.3 is 0 Å². The van der Waals surface area contributed by atoms with Crippen LogP contribution in [0, 0.1) is 33.6 Å². The van der Waals surface area contributed by atoms with Crippen LogP contribution in [0.2, 0.25) is 0 Å². The number of benzene rings is 1. The topological polar surface area (TPSA) is 75.9 Å². The summed E-state index contributed by atoms with van der Waals surface area (Å²) in [6.07, 6.45) is 1.55. The Morgan fingerprint density at radius 3 is 2.29 bits per heavy atom. The van der Waals surface area contributed by atoms with E-state index in [1.165, 1.54) is 0 Å². The van der Waals surface area contributed by atoms with Crippen molar-refractivity contribution in [3.63, 3.8) is 0 Å². The van der Waals surface area contributed by atoms with E-state index < -0.39 is 0 Å². The van der Waals surface area contributed by atoms with Gasteiger partial charge in [0, 0.05) is 30.5 Å². The minimum Gasteiger partial charge on any atom is -0.355 e. The van der Waals surface area contributed by atoms with Crippen LogP contribution in [0.4, 0.5) is 11.5 Å². The maximum absolute atomic E-state index is 12.5. The van der Waals surface area contributed by atoms with Crippen molar-refractivity contribution in [3.05, 3.63) is 59.2 Å². The molecule has 1 aliphatic heterocycles. The number of carbonyl (C=O) groups is 1. The summed E-state index contributed by atoms with van der Waals surface area (Å²) in [5, 5.41) is 7.51. The standard InChI is InChI=1S/C21H24N6O/c1-13-5-14(2)7-18(6-13)24-21(28)17-10-26(11-17)19-9-20(23-12-22-19)27-16(4)8-15(3)25-27/h5-9,12,17H,10-11H2,1-4H3,(H,24,28). The van der Waals surface area contributed by atoms with Gasteiger partial charge in [-0.05, 0) is 57.0 Å². The van der Waals surface area contributed by atoms with Gasteiger partial charge in [-0.2, -0.15) is 5.10 Å². The Morgan fingerprint density at radius 2 is 1.64 bits per heavy atom. The zero-order valence-corrected chi connectivity index (χ0v) is 16.6. The van der Waals surface area contributed by atoms with Crippen molar-refractivity contribution >= 4 is 17.4 Å². The van der Waals surface area contributed by atoms with Crippen LogP contribution in [0.3, 0.4) is 0 Å². The predicted molar refractivity (Wildman–Crippen MR) is 109 cm³/mol. The van der Waals surface area contributed by atoms with Gasteiger partial charge in [0.1, 0.15) is 12.1 Å². The van der Waals surface area contributed by atoms with Gasteiger partial charge in [0.15, 0.2) is 5.82 Å². The van der Waals surface area contributed by atoms with Crippen LogP contribution in [0.15, 0.2) is 36.7 Å². The highest BCUT2D eigenvalue weighted by atomic mass is 16.2. The van der Waals surface area contributed by atoms with E-state index in [2.05, 4.69) is 31.3 Å². The van der Waals surface area contributed by atoms with E-state index in [0.29, 0.717) is 13.1 Å². The fourth-order valence-electron chi connectivity index (χ4n) is 3.61. The monoisotopic (exact) mass is 376 g/mol. The molecule has 1 saturated heterocycles. The third-order valence-corrected chi connectivity index (χ3v) is 4.93. The van der Waals surface area contributed by atoms with Gasteiger partial charge in [0.25, 0.3) is 0 Å². The first kappa shape index (κ1) is 18.2. The summed E-state index contributed by atoms with van der Waals surface area (Å²) in [5.41, 5.74) is 5.11. The fraction of sp³-hybridized carbons (Fsp3) is 0.333.